The summed E-state index contributed by atoms with van der Waals surface area (Å²) in [5.74, 6) is 0.00907. The highest BCUT2D eigenvalue weighted by molar-refractivity contribution is 5.81. The molecule has 1 aliphatic heterocycles. The van der Waals surface area contributed by atoms with Crippen LogP contribution >= 0.6 is 0 Å². The molecule has 1 fully saturated rings. The van der Waals surface area contributed by atoms with Gasteiger partial charge in [0.05, 0.1) is 6.10 Å². The first kappa shape index (κ1) is 12.9. The molecule has 1 saturated heterocycles. The number of nitrogens with two attached hydrogens (primary N) is 1. The molecule has 1 aromatic rings. The van der Waals surface area contributed by atoms with Gasteiger partial charge in [-0.15, -0.1) is 0 Å². The molecule has 0 aliphatic carbocycles. The van der Waals surface area contributed by atoms with Gasteiger partial charge in [-0.2, -0.15) is 0 Å². The smallest absolute Gasteiger partial charge is 0.249 e. The fourth-order valence-corrected chi connectivity index (χ4v) is 2.12. The number of nitrogens with one attached hydrogen (secondary N) is 1. The van der Waals surface area contributed by atoms with Crippen LogP contribution in [0.3, 0.4) is 0 Å². The Morgan fingerprint density at radius 1 is 1.39 bits per heavy atom. The van der Waals surface area contributed by atoms with Gasteiger partial charge in [-0.05, 0) is 43.9 Å². The molecule has 18 heavy (non-hydrogen) atoms. The minimum Gasteiger partial charge on any atom is -0.399 e. The maximum absolute atomic E-state index is 11.8. The molecule has 3 N–H and O–H groups in total. The van der Waals surface area contributed by atoms with Crippen LogP contribution in [0.1, 0.15) is 25.3 Å². The van der Waals surface area contributed by atoms with E-state index in [1.807, 2.05) is 31.2 Å². The summed E-state index contributed by atoms with van der Waals surface area (Å²) in [6.07, 6.45) is 2.56. The van der Waals surface area contributed by atoms with Crippen molar-refractivity contribution >= 4 is 11.6 Å². The lowest BCUT2D eigenvalue weighted by Gasteiger charge is -2.11. The van der Waals surface area contributed by atoms with E-state index in [9.17, 15) is 4.79 Å². The molecule has 4 nitrogen and oxygen atoms in total. The summed E-state index contributed by atoms with van der Waals surface area (Å²) in [5.41, 5.74) is 7.54. The first-order valence-electron chi connectivity index (χ1n) is 6.43. The molecule has 2 unspecified atom stereocenters. The first-order chi connectivity index (χ1) is 8.65. The predicted octanol–water partition coefficient (Wildman–Crippen LogP) is 1.49. The van der Waals surface area contributed by atoms with Crippen LogP contribution in [0.4, 0.5) is 5.69 Å². The number of hydrogen-bond acceptors (Lipinski definition) is 3. The molecular weight excluding hydrogens is 228 g/mol. The summed E-state index contributed by atoms with van der Waals surface area (Å²) in [7, 11) is 0. The normalized spacial score (nSPS) is 22.9. The maximum Gasteiger partial charge on any atom is 0.249 e. The summed E-state index contributed by atoms with van der Waals surface area (Å²) in [6.45, 7) is 2.64. The summed E-state index contributed by atoms with van der Waals surface area (Å²) in [4.78, 5) is 11.8. The number of benzene rings is 1. The van der Waals surface area contributed by atoms with Gasteiger partial charge < -0.3 is 15.8 Å². The van der Waals surface area contributed by atoms with Gasteiger partial charge in [-0.3, -0.25) is 4.79 Å². The predicted molar refractivity (Wildman–Crippen MR) is 71.1 cm³/mol. The zero-order valence-corrected chi connectivity index (χ0v) is 10.7. The standard InChI is InChI=1S/C14H20N2O2/c1-10-2-7-13(18-10)14(17)16-9-8-11-3-5-12(15)6-4-11/h3-6,10,13H,2,7-9,15H2,1H3,(H,16,17). The van der Waals surface area contributed by atoms with Crippen LogP contribution in [0.2, 0.25) is 0 Å². The molecule has 98 valence electrons. The lowest BCUT2D eigenvalue weighted by molar-refractivity contribution is -0.131. The van der Waals surface area contributed by atoms with Gasteiger partial charge in [0.15, 0.2) is 0 Å². The Bertz CT molecular complexity index is 403. The van der Waals surface area contributed by atoms with Crippen LogP contribution in [0.25, 0.3) is 0 Å². The van der Waals surface area contributed by atoms with E-state index in [-0.39, 0.29) is 18.1 Å². The second kappa shape index (κ2) is 5.87. The quantitative estimate of drug-likeness (QED) is 0.794. The highest BCUT2D eigenvalue weighted by Crippen LogP contribution is 2.18. The summed E-state index contributed by atoms with van der Waals surface area (Å²) in [6, 6.07) is 7.71. The molecule has 0 bridgehead atoms. The van der Waals surface area contributed by atoms with Crippen molar-refractivity contribution in [1.82, 2.24) is 5.32 Å². The van der Waals surface area contributed by atoms with Gasteiger partial charge in [-0.1, -0.05) is 12.1 Å². The number of anilines is 1. The third kappa shape index (κ3) is 3.47. The van der Waals surface area contributed by atoms with Crippen molar-refractivity contribution in [2.45, 2.75) is 38.4 Å². The minimum atomic E-state index is -0.258. The number of amides is 1. The molecule has 0 aromatic heterocycles. The van der Waals surface area contributed by atoms with Gasteiger partial charge in [-0.25, -0.2) is 0 Å². The van der Waals surface area contributed by atoms with Crippen LogP contribution in [-0.4, -0.2) is 24.7 Å². The molecule has 0 spiro atoms. The molecule has 4 heteroatoms. The van der Waals surface area contributed by atoms with Gasteiger partial charge in [0.1, 0.15) is 6.10 Å². The molecule has 2 rings (SSSR count). The molecule has 1 aromatic carbocycles. The Kier molecular flexibility index (Phi) is 4.20. The SMILES string of the molecule is CC1CCC(C(=O)NCCc2ccc(N)cc2)O1. The van der Waals surface area contributed by atoms with Crippen molar-refractivity contribution in [3.05, 3.63) is 29.8 Å². The van der Waals surface area contributed by atoms with Crippen LogP contribution in [0, 0.1) is 0 Å². The molecular formula is C14H20N2O2. The van der Waals surface area contributed by atoms with E-state index in [0.717, 1.165) is 24.9 Å². The van der Waals surface area contributed by atoms with Crippen LogP contribution in [0.5, 0.6) is 0 Å². The van der Waals surface area contributed by atoms with Crippen LogP contribution in [-0.2, 0) is 16.0 Å². The Morgan fingerprint density at radius 3 is 2.72 bits per heavy atom. The van der Waals surface area contributed by atoms with Crippen molar-refractivity contribution in [2.75, 3.05) is 12.3 Å². The number of ether oxygens (including phenoxy) is 1. The maximum atomic E-state index is 11.8. The fourth-order valence-electron chi connectivity index (χ4n) is 2.12. The Morgan fingerprint density at radius 2 is 2.11 bits per heavy atom. The van der Waals surface area contributed by atoms with E-state index in [1.54, 1.807) is 0 Å². The van der Waals surface area contributed by atoms with E-state index in [0.29, 0.717) is 6.54 Å². The van der Waals surface area contributed by atoms with E-state index < -0.39 is 0 Å². The molecule has 1 aliphatic rings. The Hall–Kier alpha value is -1.55. The van der Waals surface area contributed by atoms with Crippen molar-refractivity contribution in [3.8, 4) is 0 Å². The van der Waals surface area contributed by atoms with Crippen molar-refractivity contribution in [3.63, 3.8) is 0 Å². The second-order valence-electron chi connectivity index (χ2n) is 4.80. The highest BCUT2D eigenvalue weighted by Gasteiger charge is 2.27. The number of hydrogen-bond donors (Lipinski definition) is 2. The van der Waals surface area contributed by atoms with Crippen molar-refractivity contribution < 1.29 is 9.53 Å². The third-order valence-corrected chi connectivity index (χ3v) is 3.22. The molecule has 0 saturated carbocycles. The van der Waals surface area contributed by atoms with Crippen LogP contribution < -0.4 is 11.1 Å². The molecule has 0 radical (unpaired) electrons. The summed E-state index contributed by atoms with van der Waals surface area (Å²) >= 11 is 0. The van der Waals surface area contributed by atoms with E-state index in [2.05, 4.69) is 5.32 Å². The Balaban J connectivity index is 1.72. The molecule has 2 atom stereocenters. The van der Waals surface area contributed by atoms with Gasteiger partial charge in [0.25, 0.3) is 0 Å². The number of rotatable bonds is 4. The van der Waals surface area contributed by atoms with E-state index >= 15 is 0 Å². The topological polar surface area (TPSA) is 64.4 Å². The summed E-state index contributed by atoms with van der Waals surface area (Å²) in [5, 5.41) is 2.91. The third-order valence-electron chi connectivity index (χ3n) is 3.22. The first-order valence-corrected chi connectivity index (χ1v) is 6.43. The monoisotopic (exact) mass is 248 g/mol. The highest BCUT2D eigenvalue weighted by atomic mass is 16.5. The second-order valence-corrected chi connectivity index (χ2v) is 4.80. The lowest BCUT2D eigenvalue weighted by Crippen LogP contribution is -2.35. The number of carbonyl (C=O) groups excluding carboxylic acids is 1. The van der Waals surface area contributed by atoms with Gasteiger partial charge >= 0.3 is 0 Å². The zero-order valence-electron chi connectivity index (χ0n) is 10.7. The minimum absolute atomic E-state index is 0.00907. The van der Waals surface area contributed by atoms with E-state index in [1.165, 1.54) is 5.56 Å². The van der Waals surface area contributed by atoms with Gasteiger partial charge in [0, 0.05) is 12.2 Å². The zero-order chi connectivity index (χ0) is 13.0. The Labute approximate surface area is 108 Å². The van der Waals surface area contributed by atoms with Crippen LogP contribution in [0.15, 0.2) is 24.3 Å². The van der Waals surface area contributed by atoms with Crippen molar-refractivity contribution in [2.24, 2.45) is 0 Å². The fraction of sp³-hybridized carbons (Fsp3) is 0.500. The largest absolute Gasteiger partial charge is 0.399 e. The molecule has 1 heterocycles. The van der Waals surface area contributed by atoms with Crippen molar-refractivity contribution in [1.29, 1.82) is 0 Å². The van der Waals surface area contributed by atoms with E-state index in [4.69, 9.17) is 10.5 Å². The molecule has 1 amide bonds. The van der Waals surface area contributed by atoms with Gasteiger partial charge in [0.2, 0.25) is 5.91 Å². The summed E-state index contributed by atoms with van der Waals surface area (Å²) < 4.78 is 5.51. The number of nitrogen functional groups attached to an aromatic ring is 1. The number of carbonyl (C=O) groups is 1. The average Bonchev–Trinajstić information content (AvgIpc) is 2.78. The lowest BCUT2D eigenvalue weighted by atomic mass is 10.1. The average molecular weight is 248 g/mol.